The third-order valence-corrected chi connectivity index (χ3v) is 3.98. The molecule has 130 valence electrons. The van der Waals surface area contributed by atoms with Crippen LogP contribution in [0.5, 0.6) is 0 Å². The zero-order valence-electron chi connectivity index (χ0n) is 12.8. The molecule has 0 saturated heterocycles. The van der Waals surface area contributed by atoms with Gasteiger partial charge in [-0.2, -0.15) is 18.3 Å². The largest absolute Gasteiger partial charge is 0.462 e. The van der Waals surface area contributed by atoms with Crippen molar-refractivity contribution in [1.82, 2.24) is 19.7 Å². The maximum absolute atomic E-state index is 13.5. The van der Waals surface area contributed by atoms with E-state index in [2.05, 4.69) is 19.8 Å². The molecule has 3 heterocycles. The van der Waals surface area contributed by atoms with E-state index in [4.69, 9.17) is 0 Å². The van der Waals surface area contributed by atoms with Crippen LogP contribution in [0.2, 0.25) is 0 Å². The van der Waals surface area contributed by atoms with E-state index in [1.54, 1.807) is 29.9 Å². The number of hydrogen-bond acceptors (Lipinski definition) is 6. The number of halogens is 3. The summed E-state index contributed by atoms with van der Waals surface area (Å²) in [5, 5.41) is 5.27. The maximum atomic E-state index is 13.5. The highest BCUT2D eigenvalue weighted by atomic mass is 32.1. The number of aromatic nitrogens is 4. The molecule has 6 nitrogen and oxygen atoms in total. The predicted octanol–water partition coefficient (Wildman–Crippen LogP) is 3.59. The Morgan fingerprint density at radius 2 is 2.16 bits per heavy atom. The Hall–Kier alpha value is -2.75. The second-order valence-electron chi connectivity index (χ2n) is 4.79. The van der Waals surface area contributed by atoms with E-state index in [0.29, 0.717) is 15.9 Å². The normalized spacial score (nSPS) is 11.5. The van der Waals surface area contributed by atoms with Gasteiger partial charge in [-0.05, 0) is 19.1 Å². The molecule has 0 N–H and O–H groups in total. The van der Waals surface area contributed by atoms with Crippen LogP contribution in [-0.4, -0.2) is 32.3 Å². The molecule has 0 fully saturated rings. The zero-order valence-corrected chi connectivity index (χ0v) is 13.6. The number of carbonyl (C=O) groups is 1. The summed E-state index contributed by atoms with van der Waals surface area (Å²) in [6, 6.07) is 3.44. The number of esters is 1. The molecule has 0 unspecified atom stereocenters. The molecule has 3 rings (SSSR count). The summed E-state index contributed by atoms with van der Waals surface area (Å²) in [6.07, 6.45) is -0.820. The van der Waals surface area contributed by atoms with Gasteiger partial charge in [-0.1, -0.05) is 0 Å². The smallest absolute Gasteiger partial charge is 0.434 e. The number of pyridine rings is 1. The molecule has 0 spiro atoms. The zero-order chi connectivity index (χ0) is 18.0. The lowest BCUT2D eigenvalue weighted by molar-refractivity contribution is -0.143. The van der Waals surface area contributed by atoms with E-state index in [1.165, 1.54) is 6.92 Å². The van der Waals surface area contributed by atoms with Gasteiger partial charge >= 0.3 is 12.1 Å². The first-order chi connectivity index (χ1) is 11.9. The molecule has 0 saturated carbocycles. The van der Waals surface area contributed by atoms with Gasteiger partial charge in [-0.25, -0.2) is 14.5 Å². The Morgan fingerprint density at radius 1 is 1.36 bits per heavy atom. The summed E-state index contributed by atoms with van der Waals surface area (Å²) in [5.41, 5.74) is -0.726. The number of hydrogen-bond donors (Lipinski definition) is 0. The van der Waals surface area contributed by atoms with E-state index >= 15 is 0 Å². The Balaban J connectivity index is 2.06. The highest BCUT2D eigenvalue weighted by Crippen LogP contribution is 2.35. The van der Waals surface area contributed by atoms with Gasteiger partial charge in [0.2, 0.25) is 5.13 Å². The highest BCUT2D eigenvalue weighted by molar-refractivity contribution is 7.12. The molecule has 0 aliphatic heterocycles. The number of carbonyl (C=O) groups excluding carboxylic acids is 1. The Morgan fingerprint density at radius 3 is 2.80 bits per heavy atom. The number of thiazole rings is 1. The van der Waals surface area contributed by atoms with Crippen molar-refractivity contribution in [3.63, 3.8) is 0 Å². The molecule has 0 amide bonds. The highest BCUT2D eigenvalue weighted by Gasteiger charge is 2.41. The lowest BCUT2D eigenvalue weighted by Gasteiger charge is -2.10. The molecular weight excluding hydrogens is 357 g/mol. The molecule has 25 heavy (non-hydrogen) atoms. The molecule has 0 bridgehead atoms. The van der Waals surface area contributed by atoms with Crippen molar-refractivity contribution in [3.8, 4) is 16.4 Å². The second-order valence-corrected chi connectivity index (χ2v) is 5.63. The lowest BCUT2D eigenvalue weighted by atomic mass is 10.2. The molecule has 0 aliphatic rings. The van der Waals surface area contributed by atoms with E-state index in [9.17, 15) is 18.0 Å². The van der Waals surface area contributed by atoms with Crippen molar-refractivity contribution in [2.75, 3.05) is 6.61 Å². The summed E-state index contributed by atoms with van der Waals surface area (Å²) in [4.78, 5) is 19.9. The van der Waals surface area contributed by atoms with E-state index in [1.807, 2.05) is 0 Å². The van der Waals surface area contributed by atoms with Crippen LogP contribution in [0.25, 0.3) is 16.4 Å². The van der Waals surface area contributed by atoms with E-state index < -0.39 is 23.4 Å². The van der Waals surface area contributed by atoms with Crippen LogP contribution in [0.3, 0.4) is 0 Å². The minimum Gasteiger partial charge on any atom is -0.462 e. The number of rotatable bonds is 4. The SMILES string of the molecule is CCOC(=O)c1cnn(-c2nc(-c3cccnc3)cs2)c1C(F)(F)F. The van der Waals surface area contributed by atoms with Crippen molar-refractivity contribution in [2.24, 2.45) is 0 Å². The Bertz CT molecular complexity index is 890. The van der Waals surface area contributed by atoms with Crippen LogP contribution >= 0.6 is 11.3 Å². The fourth-order valence-electron chi connectivity index (χ4n) is 2.13. The molecular formula is C15H11F3N4O2S. The molecule has 3 aromatic heterocycles. The molecule has 10 heteroatoms. The topological polar surface area (TPSA) is 69.9 Å². The average molecular weight is 368 g/mol. The van der Waals surface area contributed by atoms with Gasteiger partial charge in [-0.15, -0.1) is 11.3 Å². The minimum atomic E-state index is -4.79. The molecule has 0 atom stereocenters. The van der Waals surface area contributed by atoms with Gasteiger partial charge < -0.3 is 4.74 Å². The third kappa shape index (κ3) is 3.38. The summed E-state index contributed by atoms with van der Waals surface area (Å²) in [6.45, 7) is 1.47. The number of ether oxygens (including phenoxy) is 1. The van der Waals surface area contributed by atoms with Gasteiger partial charge in [0.15, 0.2) is 5.69 Å². The predicted molar refractivity (Wildman–Crippen MR) is 83.4 cm³/mol. The Labute approximate surface area is 143 Å². The van der Waals surface area contributed by atoms with Crippen LogP contribution in [0.4, 0.5) is 13.2 Å². The van der Waals surface area contributed by atoms with Gasteiger partial charge in [0.25, 0.3) is 0 Å². The first-order valence-corrected chi connectivity index (χ1v) is 7.98. The first kappa shape index (κ1) is 17.1. The van der Waals surface area contributed by atoms with Crippen molar-refractivity contribution < 1.29 is 22.7 Å². The molecule has 0 aromatic carbocycles. The summed E-state index contributed by atoms with van der Waals surface area (Å²) >= 11 is 0.976. The average Bonchev–Trinajstić information content (AvgIpc) is 3.22. The fraction of sp³-hybridized carbons (Fsp3) is 0.200. The van der Waals surface area contributed by atoms with Crippen LogP contribution in [-0.2, 0) is 10.9 Å². The first-order valence-electron chi connectivity index (χ1n) is 7.10. The summed E-state index contributed by atoms with van der Waals surface area (Å²) in [7, 11) is 0. The summed E-state index contributed by atoms with van der Waals surface area (Å²) in [5.74, 6) is -1.08. The monoisotopic (exact) mass is 368 g/mol. The van der Waals surface area contributed by atoms with Gasteiger partial charge in [0, 0.05) is 23.3 Å². The summed E-state index contributed by atoms with van der Waals surface area (Å²) < 4.78 is 45.6. The van der Waals surface area contributed by atoms with Crippen LogP contribution in [0.1, 0.15) is 23.0 Å². The molecule has 0 radical (unpaired) electrons. The fourth-order valence-corrected chi connectivity index (χ4v) is 2.93. The third-order valence-electron chi connectivity index (χ3n) is 3.16. The van der Waals surface area contributed by atoms with Crippen LogP contribution in [0.15, 0.2) is 36.1 Å². The van der Waals surface area contributed by atoms with Gasteiger partial charge in [0.05, 0.1) is 18.5 Å². The molecule has 0 aliphatic carbocycles. The standard InChI is InChI=1S/C15H11F3N4O2S/c1-2-24-13(23)10-7-20-22(12(10)15(16,17)18)14-21-11(8-25-14)9-4-3-5-19-6-9/h3-8H,2H2,1H3. The van der Waals surface area contributed by atoms with Crippen molar-refractivity contribution in [3.05, 3.63) is 47.4 Å². The molecule has 3 aromatic rings. The quantitative estimate of drug-likeness (QED) is 0.658. The van der Waals surface area contributed by atoms with Crippen LogP contribution < -0.4 is 0 Å². The minimum absolute atomic E-state index is 0.0123. The van der Waals surface area contributed by atoms with Crippen LogP contribution in [0, 0.1) is 0 Å². The maximum Gasteiger partial charge on any atom is 0.434 e. The second kappa shape index (κ2) is 6.63. The van der Waals surface area contributed by atoms with Crippen molar-refractivity contribution in [2.45, 2.75) is 13.1 Å². The Kier molecular flexibility index (Phi) is 4.53. The van der Waals surface area contributed by atoms with Gasteiger partial charge in [0.1, 0.15) is 5.56 Å². The van der Waals surface area contributed by atoms with E-state index in [-0.39, 0.29) is 11.7 Å². The van der Waals surface area contributed by atoms with E-state index in [0.717, 1.165) is 17.5 Å². The number of alkyl halides is 3. The lowest BCUT2D eigenvalue weighted by Crippen LogP contribution is -2.18. The van der Waals surface area contributed by atoms with Gasteiger partial charge in [-0.3, -0.25) is 4.98 Å². The van der Waals surface area contributed by atoms with Crippen molar-refractivity contribution in [1.29, 1.82) is 0 Å². The number of nitrogens with zero attached hydrogens (tertiary/aromatic N) is 4. The van der Waals surface area contributed by atoms with Crippen molar-refractivity contribution >= 4 is 17.3 Å².